The molecule has 0 saturated heterocycles. The summed E-state index contributed by atoms with van der Waals surface area (Å²) in [6.07, 6.45) is 1.99. The lowest BCUT2D eigenvalue weighted by atomic mass is 9.95. The van der Waals surface area contributed by atoms with Gasteiger partial charge < -0.3 is 4.90 Å². The first-order valence-corrected chi connectivity index (χ1v) is 7.58. The van der Waals surface area contributed by atoms with Crippen LogP contribution >= 0.6 is 15.9 Å². The molecule has 0 fully saturated rings. The summed E-state index contributed by atoms with van der Waals surface area (Å²) < 4.78 is 1.06. The zero-order valence-corrected chi connectivity index (χ0v) is 13.0. The number of carbonyl (C=O) groups is 1. The van der Waals surface area contributed by atoms with Gasteiger partial charge in [-0.3, -0.25) is 4.79 Å². The predicted octanol–water partition coefficient (Wildman–Crippen LogP) is 4.10. The molecular formula is C17H16BrNO. The van der Waals surface area contributed by atoms with E-state index >= 15 is 0 Å². The maximum atomic E-state index is 12.0. The number of fused-ring (bicyclic) bond motifs is 2. The van der Waals surface area contributed by atoms with E-state index < -0.39 is 0 Å². The van der Waals surface area contributed by atoms with Crippen LogP contribution in [-0.4, -0.2) is 5.91 Å². The SMILES string of the molecule is CC(=O)N1Cc2cc(Br)ccc2CCc2ccccc21. The van der Waals surface area contributed by atoms with E-state index in [2.05, 4.69) is 40.2 Å². The second kappa shape index (κ2) is 5.41. The topological polar surface area (TPSA) is 20.3 Å². The van der Waals surface area contributed by atoms with Crippen LogP contribution in [-0.2, 0) is 24.2 Å². The van der Waals surface area contributed by atoms with Crippen molar-refractivity contribution in [1.29, 1.82) is 0 Å². The number of para-hydroxylation sites is 1. The van der Waals surface area contributed by atoms with E-state index in [-0.39, 0.29) is 5.91 Å². The van der Waals surface area contributed by atoms with E-state index in [4.69, 9.17) is 0 Å². The van der Waals surface area contributed by atoms with Crippen molar-refractivity contribution in [2.75, 3.05) is 4.90 Å². The monoisotopic (exact) mass is 329 g/mol. The minimum Gasteiger partial charge on any atom is -0.308 e. The molecule has 0 spiro atoms. The summed E-state index contributed by atoms with van der Waals surface area (Å²) in [6.45, 7) is 2.27. The normalized spacial score (nSPS) is 14.0. The van der Waals surface area contributed by atoms with Crippen molar-refractivity contribution in [3.8, 4) is 0 Å². The molecule has 0 atom stereocenters. The Hall–Kier alpha value is -1.61. The molecule has 20 heavy (non-hydrogen) atoms. The molecule has 1 amide bonds. The molecule has 2 aromatic rings. The Morgan fingerprint density at radius 3 is 2.60 bits per heavy atom. The predicted molar refractivity (Wildman–Crippen MR) is 84.9 cm³/mol. The van der Waals surface area contributed by atoms with Gasteiger partial charge in [-0.2, -0.15) is 0 Å². The third-order valence-electron chi connectivity index (χ3n) is 3.82. The number of benzene rings is 2. The van der Waals surface area contributed by atoms with Crippen molar-refractivity contribution in [1.82, 2.24) is 0 Å². The zero-order chi connectivity index (χ0) is 14.1. The number of amides is 1. The average Bonchev–Trinajstić information content (AvgIpc) is 2.41. The quantitative estimate of drug-likeness (QED) is 0.712. The molecule has 3 heteroatoms. The van der Waals surface area contributed by atoms with E-state index in [1.165, 1.54) is 16.7 Å². The number of hydrogen-bond donors (Lipinski definition) is 0. The number of aryl methyl sites for hydroxylation is 2. The van der Waals surface area contributed by atoms with Crippen LogP contribution in [0.3, 0.4) is 0 Å². The van der Waals surface area contributed by atoms with Crippen LogP contribution in [0.2, 0.25) is 0 Å². The summed E-state index contributed by atoms with van der Waals surface area (Å²) in [7, 11) is 0. The van der Waals surface area contributed by atoms with E-state index in [0.29, 0.717) is 6.54 Å². The summed E-state index contributed by atoms with van der Waals surface area (Å²) in [5, 5.41) is 0. The van der Waals surface area contributed by atoms with Gasteiger partial charge >= 0.3 is 0 Å². The summed E-state index contributed by atoms with van der Waals surface area (Å²) in [5.74, 6) is 0.0882. The van der Waals surface area contributed by atoms with E-state index in [9.17, 15) is 4.79 Å². The van der Waals surface area contributed by atoms with Crippen LogP contribution in [0, 0.1) is 0 Å². The Morgan fingerprint density at radius 1 is 1.05 bits per heavy atom. The second-order valence-corrected chi connectivity index (χ2v) is 6.06. The van der Waals surface area contributed by atoms with Crippen molar-refractivity contribution < 1.29 is 4.79 Å². The van der Waals surface area contributed by atoms with E-state index in [1.807, 2.05) is 23.1 Å². The molecule has 0 radical (unpaired) electrons. The number of carbonyl (C=O) groups excluding carboxylic acids is 1. The van der Waals surface area contributed by atoms with Gasteiger partial charge in [0, 0.05) is 17.1 Å². The van der Waals surface area contributed by atoms with Gasteiger partial charge in [-0.15, -0.1) is 0 Å². The van der Waals surface area contributed by atoms with Gasteiger partial charge in [0.05, 0.1) is 6.54 Å². The minimum atomic E-state index is 0.0882. The molecule has 0 aliphatic carbocycles. The summed E-state index contributed by atoms with van der Waals surface area (Å²) >= 11 is 3.52. The third kappa shape index (κ3) is 2.50. The van der Waals surface area contributed by atoms with Gasteiger partial charge in [0.15, 0.2) is 0 Å². The molecule has 0 aromatic heterocycles. The number of anilines is 1. The Bertz CT molecular complexity index is 666. The fourth-order valence-electron chi connectivity index (χ4n) is 2.78. The Morgan fingerprint density at radius 2 is 1.80 bits per heavy atom. The molecule has 1 aliphatic heterocycles. The Labute approximate surface area is 127 Å². The highest BCUT2D eigenvalue weighted by Gasteiger charge is 2.20. The molecule has 1 aliphatic rings. The Balaban J connectivity index is 2.10. The van der Waals surface area contributed by atoms with Gasteiger partial charge in [-0.05, 0) is 47.7 Å². The van der Waals surface area contributed by atoms with Crippen LogP contribution in [0.25, 0.3) is 0 Å². The van der Waals surface area contributed by atoms with Gasteiger partial charge in [0.2, 0.25) is 5.91 Å². The number of rotatable bonds is 0. The highest BCUT2D eigenvalue weighted by atomic mass is 79.9. The first-order chi connectivity index (χ1) is 9.65. The molecule has 2 aromatic carbocycles. The molecular weight excluding hydrogens is 314 g/mol. The molecule has 0 bridgehead atoms. The maximum Gasteiger partial charge on any atom is 0.224 e. The molecule has 102 valence electrons. The van der Waals surface area contributed by atoms with Gasteiger partial charge in [-0.1, -0.05) is 40.2 Å². The molecule has 0 unspecified atom stereocenters. The van der Waals surface area contributed by atoms with Crippen LogP contribution < -0.4 is 4.90 Å². The summed E-state index contributed by atoms with van der Waals surface area (Å²) in [4.78, 5) is 13.9. The van der Waals surface area contributed by atoms with E-state index in [1.54, 1.807) is 6.92 Å². The minimum absolute atomic E-state index is 0.0882. The maximum absolute atomic E-state index is 12.0. The fourth-order valence-corrected chi connectivity index (χ4v) is 3.19. The first kappa shape index (κ1) is 13.4. The van der Waals surface area contributed by atoms with Crippen molar-refractivity contribution in [3.63, 3.8) is 0 Å². The van der Waals surface area contributed by atoms with E-state index in [0.717, 1.165) is 23.0 Å². The number of nitrogens with zero attached hydrogens (tertiary/aromatic N) is 1. The lowest BCUT2D eigenvalue weighted by Gasteiger charge is -2.28. The van der Waals surface area contributed by atoms with Crippen LogP contribution in [0.15, 0.2) is 46.9 Å². The van der Waals surface area contributed by atoms with Crippen molar-refractivity contribution >= 4 is 27.5 Å². The first-order valence-electron chi connectivity index (χ1n) is 6.78. The average molecular weight is 330 g/mol. The Kier molecular flexibility index (Phi) is 3.62. The van der Waals surface area contributed by atoms with Crippen molar-refractivity contribution in [3.05, 3.63) is 63.6 Å². The van der Waals surface area contributed by atoms with Crippen LogP contribution in [0.1, 0.15) is 23.6 Å². The standard InChI is InChI=1S/C17H16BrNO/c1-12(20)19-11-15-10-16(18)9-8-13(15)6-7-14-4-2-3-5-17(14)19/h2-5,8-10H,6-7,11H2,1H3. The van der Waals surface area contributed by atoms with Crippen LogP contribution in [0.4, 0.5) is 5.69 Å². The van der Waals surface area contributed by atoms with Gasteiger partial charge in [0.25, 0.3) is 0 Å². The van der Waals surface area contributed by atoms with Crippen molar-refractivity contribution in [2.45, 2.75) is 26.3 Å². The lowest BCUT2D eigenvalue weighted by Crippen LogP contribution is -2.30. The molecule has 0 N–H and O–H groups in total. The van der Waals surface area contributed by atoms with Gasteiger partial charge in [0.1, 0.15) is 0 Å². The number of halogens is 1. The van der Waals surface area contributed by atoms with Gasteiger partial charge in [-0.25, -0.2) is 0 Å². The molecule has 3 rings (SSSR count). The second-order valence-electron chi connectivity index (χ2n) is 5.15. The molecule has 2 nitrogen and oxygen atoms in total. The lowest BCUT2D eigenvalue weighted by molar-refractivity contribution is -0.116. The number of hydrogen-bond acceptors (Lipinski definition) is 1. The molecule has 0 saturated carbocycles. The highest BCUT2D eigenvalue weighted by Crippen LogP contribution is 2.29. The highest BCUT2D eigenvalue weighted by molar-refractivity contribution is 9.10. The third-order valence-corrected chi connectivity index (χ3v) is 4.32. The fraction of sp³-hybridized carbons (Fsp3) is 0.235. The zero-order valence-electron chi connectivity index (χ0n) is 11.4. The smallest absolute Gasteiger partial charge is 0.224 e. The summed E-state index contributed by atoms with van der Waals surface area (Å²) in [5.41, 5.74) is 4.85. The molecule has 1 heterocycles. The van der Waals surface area contributed by atoms with Crippen LogP contribution in [0.5, 0.6) is 0 Å². The largest absolute Gasteiger partial charge is 0.308 e. The summed E-state index contributed by atoms with van der Waals surface area (Å²) in [6, 6.07) is 14.6. The van der Waals surface area contributed by atoms with Crippen molar-refractivity contribution in [2.24, 2.45) is 0 Å².